The van der Waals surface area contributed by atoms with Crippen LogP contribution in [0.15, 0.2) is 39.7 Å². The van der Waals surface area contributed by atoms with Crippen molar-refractivity contribution in [2.24, 2.45) is 4.99 Å². The molecule has 1 N–H and O–H groups in total. The average Bonchev–Trinajstić information content (AvgIpc) is 3.21. The number of fused-ring (bicyclic) bond motifs is 1. The number of nitrogens with one attached hydrogen (secondary N) is 1. The lowest BCUT2D eigenvalue weighted by atomic mass is 10.1. The molecule has 3 aromatic rings. The predicted octanol–water partition coefficient (Wildman–Crippen LogP) is 4.21. The summed E-state index contributed by atoms with van der Waals surface area (Å²) in [4.78, 5) is 23.0. The summed E-state index contributed by atoms with van der Waals surface area (Å²) in [6.07, 6.45) is 3.85. The number of imidazole rings is 1. The Labute approximate surface area is 153 Å². The van der Waals surface area contributed by atoms with Gasteiger partial charge in [-0.25, -0.2) is 9.98 Å². The minimum atomic E-state index is -0.127. The van der Waals surface area contributed by atoms with E-state index in [0.717, 1.165) is 27.6 Å². The van der Waals surface area contributed by atoms with Crippen LogP contribution in [0.5, 0.6) is 0 Å². The maximum absolute atomic E-state index is 12.3. The Bertz CT molecular complexity index is 1060. The second-order valence-corrected chi connectivity index (χ2v) is 7.81. The van der Waals surface area contributed by atoms with Crippen molar-refractivity contribution in [2.75, 3.05) is 0 Å². The molecule has 7 heteroatoms. The van der Waals surface area contributed by atoms with Gasteiger partial charge in [0.2, 0.25) is 0 Å². The zero-order chi connectivity index (χ0) is 17.6. The quantitative estimate of drug-likeness (QED) is 0.689. The van der Waals surface area contributed by atoms with Crippen molar-refractivity contribution < 1.29 is 4.79 Å². The van der Waals surface area contributed by atoms with Gasteiger partial charge >= 0.3 is 0 Å². The van der Waals surface area contributed by atoms with Gasteiger partial charge in [-0.3, -0.25) is 9.20 Å². The summed E-state index contributed by atoms with van der Waals surface area (Å²) in [7, 11) is 0. The maximum atomic E-state index is 12.3. The first-order valence-corrected chi connectivity index (χ1v) is 9.50. The molecule has 0 spiro atoms. The molecule has 1 saturated heterocycles. The van der Waals surface area contributed by atoms with Gasteiger partial charge < -0.3 is 5.32 Å². The third kappa shape index (κ3) is 3.01. The summed E-state index contributed by atoms with van der Waals surface area (Å²) in [6, 6.07) is 6.08. The zero-order valence-corrected chi connectivity index (χ0v) is 15.7. The van der Waals surface area contributed by atoms with Crippen LogP contribution in [0.4, 0.5) is 5.69 Å². The number of amidine groups is 1. The highest BCUT2D eigenvalue weighted by molar-refractivity contribution is 8.18. The van der Waals surface area contributed by atoms with Gasteiger partial charge in [0.15, 0.2) is 10.1 Å². The van der Waals surface area contributed by atoms with Gasteiger partial charge in [0, 0.05) is 11.6 Å². The van der Waals surface area contributed by atoms with E-state index < -0.39 is 0 Å². The first-order chi connectivity index (χ1) is 12.0. The van der Waals surface area contributed by atoms with Gasteiger partial charge in [0.05, 0.1) is 22.0 Å². The van der Waals surface area contributed by atoms with E-state index in [0.29, 0.717) is 10.1 Å². The van der Waals surface area contributed by atoms with Crippen molar-refractivity contribution in [1.29, 1.82) is 0 Å². The number of nitrogens with zero attached hydrogens (tertiary/aromatic N) is 3. The standard InChI is InChI=1S/C18H16N4OS2/c1-10-4-5-13(11(2)8-10)20-17-21-16(23)15(25-17)9-14-12(3)19-18-22(14)6-7-24-18/h4-9H,1-3H3,(H,20,21,23)/b15-9+. The molecule has 3 heterocycles. The number of hydrogen-bond acceptors (Lipinski definition) is 5. The molecule has 2 aromatic heterocycles. The Hall–Kier alpha value is -2.38. The van der Waals surface area contributed by atoms with Crippen molar-refractivity contribution in [1.82, 2.24) is 14.7 Å². The van der Waals surface area contributed by atoms with Crippen molar-refractivity contribution >= 4 is 50.9 Å². The Morgan fingerprint density at radius 3 is 2.92 bits per heavy atom. The smallest absolute Gasteiger partial charge is 0.264 e. The normalized spacial score (nSPS) is 17.8. The van der Waals surface area contributed by atoms with Crippen LogP contribution < -0.4 is 5.32 Å². The van der Waals surface area contributed by atoms with Crippen LogP contribution >= 0.6 is 23.1 Å². The molecule has 0 atom stereocenters. The van der Waals surface area contributed by atoms with Gasteiger partial charge in [0.25, 0.3) is 5.91 Å². The van der Waals surface area contributed by atoms with E-state index >= 15 is 0 Å². The summed E-state index contributed by atoms with van der Waals surface area (Å²) < 4.78 is 2.00. The maximum Gasteiger partial charge on any atom is 0.264 e. The van der Waals surface area contributed by atoms with Crippen molar-refractivity contribution in [3.05, 3.63) is 57.2 Å². The van der Waals surface area contributed by atoms with E-state index in [1.165, 1.54) is 17.3 Å². The van der Waals surface area contributed by atoms with E-state index in [-0.39, 0.29) is 5.91 Å². The Morgan fingerprint density at radius 2 is 2.12 bits per heavy atom. The first-order valence-electron chi connectivity index (χ1n) is 7.80. The highest BCUT2D eigenvalue weighted by Gasteiger charge is 2.25. The number of aryl methyl sites for hydroxylation is 3. The monoisotopic (exact) mass is 368 g/mol. The molecule has 0 bridgehead atoms. The fourth-order valence-corrected chi connectivity index (χ4v) is 4.31. The number of thioether (sulfide) groups is 1. The Kier molecular flexibility index (Phi) is 3.97. The number of aliphatic imine (C=N–C) groups is 1. The second kappa shape index (κ2) is 6.16. The lowest BCUT2D eigenvalue weighted by Gasteiger charge is -2.02. The summed E-state index contributed by atoms with van der Waals surface area (Å²) in [5.74, 6) is -0.127. The molecule has 126 valence electrons. The molecule has 0 aliphatic carbocycles. The summed E-state index contributed by atoms with van der Waals surface area (Å²) in [6.45, 7) is 6.03. The number of carbonyl (C=O) groups is 1. The number of benzene rings is 1. The molecule has 5 nitrogen and oxygen atoms in total. The van der Waals surface area contributed by atoms with Gasteiger partial charge in [0.1, 0.15) is 0 Å². The summed E-state index contributed by atoms with van der Waals surface area (Å²) in [5, 5.41) is 5.44. The summed E-state index contributed by atoms with van der Waals surface area (Å²) in [5.41, 5.74) is 5.00. The highest BCUT2D eigenvalue weighted by Crippen LogP contribution is 2.30. The zero-order valence-electron chi connectivity index (χ0n) is 14.0. The van der Waals surface area contributed by atoms with Crippen LogP contribution in [0, 0.1) is 20.8 Å². The number of amides is 1. The van der Waals surface area contributed by atoms with Gasteiger partial charge in [-0.15, -0.1) is 11.3 Å². The number of hydrogen-bond donors (Lipinski definition) is 1. The molecule has 0 radical (unpaired) electrons. The molecule has 25 heavy (non-hydrogen) atoms. The molecule has 4 rings (SSSR count). The molecular formula is C18H16N4OS2. The van der Waals surface area contributed by atoms with Crippen molar-refractivity contribution in [3.63, 3.8) is 0 Å². The SMILES string of the molecule is Cc1ccc(N=C2NC(=O)/C(=C\c3c(C)nc4sccn34)S2)c(C)c1. The van der Waals surface area contributed by atoms with Crippen molar-refractivity contribution in [3.8, 4) is 0 Å². The van der Waals surface area contributed by atoms with E-state index in [2.05, 4.69) is 28.3 Å². The molecule has 0 saturated carbocycles. The van der Waals surface area contributed by atoms with E-state index in [4.69, 9.17) is 0 Å². The predicted molar refractivity (Wildman–Crippen MR) is 105 cm³/mol. The van der Waals surface area contributed by atoms with Crippen LogP contribution in [-0.4, -0.2) is 20.5 Å². The largest absolute Gasteiger partial charge is 0.300 e. The number of aromatic nitrogens is 2. The van der Waals surface area contributed by atoms with E-state index in [1.807, 2.05) is 48.0 Å². The van der Waals surface area contributed by atoms with Crippen LogP contribution in [-0.2, 0) is 4.79 Å². The third-order valence-corrected chi connectivity index (χ3v) is 5.64. The summed E-state index contributed by atoms with van der Waals surface area (Å²) >= 11 is 2.93. The Morgan fingerprint density at radius 1 is 1.28 bits per heavy atom. The number of carbonyl (C=O) groups excluding carboxylic acids is 1. The van der Waals surface area contributed by atoms with Crippen LogP contribution in [0.25, 0.3) is 11.0 Å². The van der Waals surface area contributed by atoms with Gasteiger partial charge in [-0.2, -0.15) is 0 Å². The number of rotatable bonds is 2. The second-order valence-electron chi connectivity index (χ2n) is 5.91. The number of thiazole rings is 1. The van der Waals surface area contributed by atoms with E-state index in [1.54, 1.807) is 11.3 Å². The van der Waals surface area contributed by atoms with Crippen molar-refractivity contribution in [2.45, 2.75) is 20.8 Å². The van der Waals surface area contributed by atoms with Gasteiger partial charge in [-0.1, -0.05) is 17.7 Å². The molecular weight excluding hydrogens is 352 g/mol. The highest BCUT2D eigenvalue weighted by atomic mass is 32.2. The fraction of sp³-hybridized carbons (Fsp3) is 0.167. The topological polar surface area (TPSA) is 58.8 Å². The lowest BCUT2D eigenvalue weighted by molar-refractivity contribution is -0.115. The first kappa shape index (κ1) is 16.1. The minimum Gasteiger partial charge on any atom is -0.300 e. The minimum absolute atomic E-state index is 0.127. The average molecular weight is 368 g/mol. The molecule has 1 aromatic carbocycles. The molecule has 1 fully saturated rings. The Balaban J connectivity index is 1.67. The van der Waals surface area contributed by atoms with Crippen LogP contribution in [0.1, 0.15) is 22.5 Å². The van der Waals surface area contributed by atoms with Gasteiger partial charge in [-0.05, 0) is 50.2 Å². The lowest BCUT2D eigenvalue weighted by Crippen LogP contribution is -2.19. The van der Waals surface area contributed by atoms with Crippen LogP contribution in [0.3, 0.4) is 0 Å². The molecule has 1 aliphatic rings. The van der Waals surface area contributed by atoms with Crippen LogP contribution in [0.2, 0.25) is 0 Å². The van der Waals surface area contributed by atoms with E-state index in [9.17, 15) is 4.79 Å². The molecule has 1 aliphatic heterocycles. The molecule has 0 unspecified atom stereocenters. The molecule has 1 amide bonds. The fourth-order valence-electron chi connectivity index (χ4n) is 2.73. The third-order valence-electron chi connectivity index (χ3n) is 3.98.